The zero-order valence-corrected chi connectivity index (χ0v) is 15.8. The number of sulfonamides is 1. The van der Waals surface area contributed by atoms with Gasteiger partial charge in [0.05, 0.1) is 0 Å². The Kier molecular flexibility index (Phi) is 5.62. The number of hydrogen-bond donors (Lipinski definition) is 0. The molecule has 1 unspecified atom stereocenters. The summed E-state index contributed by atoms with van der Waals surface area (Å²) in [4.78, 5) is 14.9. The first-order valence-electron chi connectivity index (χ1n) is 8.88. The Balaban J connectivity index is 1.61. The molecule has 1 atom stereocenters. The van der Waals surface area contributed by atoms with Gasteiger partial charge in [-0.15, -0.1) is 11.3 Å². The maximum atomic E-state index is 12.9. The van der Waals surface area contributed by atoms with E-state index in [4.69, 9.17) is 0 Å². The van der Waals surface area contributed by atoms with E-state index in [1.54, 1.807) is 17.5 Å². The first-order chi connectivity index (χ1) is 11.5. The molecule has 2 fully saturated rings. The van der Waals surface area contributed by atoms with Gasteiger partial charge < -0.3 is 4.90 Å². The fourth-order valence-corrected chi connectivity index (χ4v) is 6.44. The van der Waals surface area contributed by atoms with Crippen LogP contribution in [0, 0.1) is 5.92 Å². The highest BCUT2D eigenvalue weighted by Gasteiger charge is 2.36. The lowest BCUT2D eigenvalue weighted by Crippen LogP contribution is -2.49. The third kappa shape index (κ3) is 3.53. The average Bonchev–Trinajstić information content (AvgIpc) is 3.16. The minimum atomic E-state index is -3.38. The molecular formula is C17H26N2O3S2. The fourth-order valence-electron chi connectivity index (χ4n) is 3.83. The van der Waals surface area contributed by atoms with E-state index >= 15 is 0 Å². The fraction of sp³-hybridized carbons (Fsp3) is 0.706. The average molecular weight is 371 g/mol. The number of carbonyl (C=O) groups is 1. The molecule has 3 heterocycles. The molecule has 2 aliphatic heterocycles. The van der Waals surface area contributed by atoms with Gasteiger partial charge in [-0.3, -0.25) is 4.79 Å². The Morgan fingerprint density at radius 3 is 2.58 bits per heavy atom. The molecule has 0 spiro atoms. The smallest absolute Gasteiger partial charge is 0.252 e. The van der Waals surface area contributed by atoms with Crippen LogP contribution in [0.5, 0.6) is 0 Å². The Morgan fingerprint density at radius 1 is 1.21 bits per heavy atom. The lowest BCUT2D eigenvalue weighted by Gasteiger charge is -2.39. The van der Waals surface area contributed by atoms with Gasteiger partial charge in [-0.2, -0.15) is 4.31 Å². The van der Waals surface area contributed by atoms with Crippen molar-refractivity contribution < 1.29 is 13.2 Å². The molecule has 134 valence electrons. The van der Waals surface area contributed by atoms with Crippen molar-refractivity contribution in [1.29, 1.82) is 0 Å². The summed E-state index contributed by atoms with van der Waals surface area (Å²) in [6.45, 7) is 3.90. The molecule has 2 aliphatic rings. The van der Waals surface area contributed by atoms with Gasteiger partial charge in [-0.05, 0) is 50.0 Å². The Hall–Kier alpha value is -0.920. The molecule has 24 heavy (non-hydrogen) atoms. The van der Waals surface area contributed by atoms with E-state index < -0.39 is 10.0 Å². The highest BCUT2D eigenvalue weighted by Crippen LogP contribution is 2.29. The van der Waals surface area contributed by atoms with Crippen LogP contribution in [0.25, 0.3) is 0 Å². The predicted octanol–water partition coefficient (Wildman–Crippen LogP) is 2.94. The van der Waals surface area contributed by atoms with Crippen molar-refractivity contribution in [3.05, 3.63) is 17.5 Å². The molecule has 0 radical (unpaired) electrons. The molecule has 0 aromatic carbocycles. The van der Waals surface area contributed by atoms with Crippen molar-refractivity contribution in [2.24, 2.45) is 5.92 Å². The number of likely N-dealkylation sites (tertiary alicyclic amines) is 1. The largest absolute Gasteiger partial charge is 0.339 e. The monoisotopic (exact) mass is 370 g/mol. The standard InChI is InChI=1S/C17H26N2O3S2/c1-2-15-6-3-4-10-19(15)17(20)14-8-11-18(12-9-14)24(21,22)16-7-5-13-23-16/h5,7,13-15H,2-4,6,8-12H2,1H3. The zero-order valence-electron chi connectivity index (χ0n) is 14.2. The van der Waals surface area contributed by atoms with Crippen LogP contribution in [0.3, 0.4) is 0 Å². The molecule has 1 amide bonds. The molecule has 0 N–H and O–H groups in total. The summed E-state index contributed by atoms with van der Waals surface area (Å²) in [6.07, 6.45) is 5.69. The van der Waals surface area contributed by atoms with E-state index in [-0.39, 0.29) is 11.8 Å². The van der Waals surface area contributed by atoms with E-state index in [2.05, 4.69) is 11.8 Å². The van der Waals surface area contributed by atoms with Crippen molar-refractivity contribution in [2.45, 2.75) is 55.7 Å². The zero-order chi connectivity index (χ0) is 17.2. The van der Waals surface area contributed by atoms with Crippen LogP contribution in [0.4, 0.5) is 0 Å². The summed E-state index contributed by atoms with van der Waals surface area (Å²) < 4.78 is 27.1. The third-order valence-electron chi connectivity index (χ3n) is 5.27. The summed E-state index contributed by atoms with van der Waals surface area (Å²) in [5, 5.41) is 1.78. The summed E-state index contributed by atoms with van der Waals surface area (Å²) in [5.74, 6) is 0.224. The van der Waals surface area contributed by atoms with Gasteiger partial charge in [0.1, 0.15) is 4.21 Å². The van der Waals surface area contributed by atoms with E-state index in [9.17, 15) is 13.2 Å². The molecule has 0 aliphatic carbocycles. The molecule has 1 aromatic heterocycles. The molecular weight excluding hydrogens is 344 g/mol. The number of thiophene rings is 1. The van der Waals surface area contributed by atoms with Crippen molar-refractivity contribution in [1.82, 2.24) is 9.21 Å². The summed E-state index contributed by atoms with van der Waals surface area (Å²) in [6, 6.07) is 3.78. The molecule has 0 bridgehead atoms. The number of amides is 1. The van der Waals surface area contributed by atoms with Crippen LogP contribution < -0.4 is 0 Å². The van der Waals surface area contributed by atoms with E-state index in [0.29, 0.717) is 36.2 Å². The maximum absolute atomic E-state index is 12.9. The van der Waals surface area contributed by atoms with E-state index in [0.717, 1.165) is 25.8 Å². The van der Waals surface area contributed by atoms with Gasteiger partial charge in [-0.1, -0.05) is 13.0 Å². The van der Waals surface area contributed by atoms with E-state index in [1.807, 2.05) is 0 Å². The number of nitrogens with zero attached hydrogens (tertiary/aromatic N) is 2. The molecule has 0 saturated carbocycles. The topological polar surface area (TPSA) is 57.7 Å². The second-order valence-corrected chi connectivity index (χ2v) is 9.81. The minimum Gasteiger partial charge on any atom is -0.339 e. The molecule has 1 aromatic rings. The molecule has 3 rings (SSSR count). The Morgan fingerprint density at radius 2 is 1.96 bits per heavy atom. The first-order valence-corrected chi connectivity index (χ1v) is 11.2. The van der Waals surface area contributed by atoms with Crippen molar-refractivity contribution in [3.63, 3.8) is 0 Å². The number of carbonyl (C=O) groups excluding carboxylic acids is 1. The summed E-state index contributed by atoms with van der Waals surface area (Å²) in [7, 11) is -3.38. The van der Waals surface area contributed by atoms with Crippen molar-refractivity contribution >= 4 is 27.3 Å². The summed E-state index contributed by atoms with van der Waals surface area (Å²) in [5.41, 5.74) is 0. The highest BCUT2D eigenvalue weighted by atomic mass is 32.2. The molecule has 5 nitrogen and oxygen atoms in total. The maximum Gasteiger partial charge on any atom is 0.252 e. The second-order valence-electron chi connectivity index (χ2n) is 6.70. The Labute approximate surface area is 148 Å². The van der Waals surface area contributed by atoms with Gasteiger partial charge in [0.2, 0.25) is 5.91 Å². The highest BCUT2D eigenvalue weighted by molar-refractivity contribution is 7.91. The van der Waals surface area contributed by atoms with Crippen LogP contribution in [0.15, 0.2) is 21.7 Å². The number of piperidine rings is 2. The van der Waals surface area contributed by atoms with Gasteiger partial charge in [0.15, 0.2) is 0 Å². The number of hydrogen-bond acceptors (Lipinski definition) is 4. The van der Waals surface area contributed by atoms with Crippen molar-refractivity contribution in [2.75, 3.05) is 19.6 Å². The van der Waals surface area contributed by atoms with Crippen molar-refractivity contribution in [3.8, 4) is 0 Å². The predicted molar refractivity (Wildman–Crippen MR) is 95.4 cm³/mol. The van der Waals surface area contributed by atoms with Gasteiger partial charge in [0, 0.05) is 31.6 Å². The first kappa shape index (κ1) is 17.9. The number of rotatable bonds is 4. The minimum absolute atomic E-state index is 0.0214. The normalized spacial score (nSPS) is 24.2. The van der Waals surface area contributed by atoms with Gasteiger partial charge in [-0.25, -0.2) is 8.42 Å². The Bertz CT molecular complexity index is 649. The van der Waals surface area contributed by atoms with Crippen LogP contribution in [0.1, 0.15) is 45.4 Å². The van der Waals surface area contributed by atoms with Gasteiger partial charge in [0.25, 0.3) is 10.0 Å². The van der Waals surface area contributed by atoms with Crippen LogP contribution in [0.2, 0.25) is 0 Å². The second kappa shape index (κ2) is 7.54. The lowest BCUT2D eigenvalue weighted by atomic mass is 9.92. The van der Waals surface area contributed by atoms with Crippen LogP contribution >= 0.6 is 11.3 Å². The third-order valence-corrected chi connectivity index (χ3v) is 8.55. The van der Waals surface area contributed by atoms with E-state index in [1.165, 1.54) is 22.1 Å². The molecule has 7 heteroatoms. The van der Waals surface area contributed by atoms with Crippen LogP contribution in [-0.4, -0.2) is 49.2 Å². The lowest BCUT2D eigenvalue weighted by molar-refractivity contribution is -0.140. The van der Waals surface area contributed by atoms with Crippen LogP contribution in [-0.2, 0) is 14.8 Å². The SMILES string of the molecule is CCC1CCCCN1C(=O)C1CCN(S(=O)(=O)c2cccs2)CC1. The quantitative estimate of drug-likeness (QED) is 0.819. The van der Waals surface area contributed by atoms with Gasteiger partial charge >= 0.3 is 0 Å². The molecule has 2 saturated heterocycles. The summed E-state index contributed by atoms with van der Waals surface area (Å²) >= 11 is 1.25.